The zero-order chi connectivity index (χ0) is 13.7. The first-order chi connectivity index (χ1) is 9.13. The standard InChI is InChI=1S/C14H11BrFNO2/c15-11-6-14(8-17-7-11)19-9-13(18)5-10-1-3-12(16)4-2-10/h1-4,6-8H,5,9H2. The summed E-state index contributed by atoms with van der Waals surface area (Å²) in [6, 6.07) is 7.59. The Morgan fingerprint density at radius 2 is 2.00 bits per heavy atom. The lowest BCUT2D eigenvalue weighted by atomic mass is 10.1. The first-order valence-electron chi connectivity index (χ1n) is 5.63. The predicted octanol–water partition coefficient (Wildman–Crippen LogP) is 3.17. The molecule has 0 unspecified atom stereocenters. The number of Topliss-reactive ketones (excluding diaryl/α,β-unsaturated/α-hetero) is 1. The van der Waals surface area contributed by atoms with Crippen molar-refractivity contribution in [2.75, 3.05) is 6.61 Å². The fourth-order valence-corrected chi connectivity index (χ4v) is 1.86. The Bertz CT molecular complexity index is 572. The monoisotopic (exact) mass is 323 g/mol. The summed E-state index contributed by atoms with van der Waals surface area (Å²) in [7, 11) is 0. The number of aromatic nitrogens is 1. The minimum absolute atomic E-state index is 0.0322. The molecule has 98 valence electrons. The molecular formula is C14H11BrFNO2. The van der Waals surface area contributed by atoms with E-state index in [2.05, 4.69) is 20.9 Å². The van der Waals surface area contributed by atoms with E-state index in [9.17, 15) is 9.18 Å². The number of carbonyl (C=O) groups is 1. The molecule has 0 aliphatic carbocycles. The van der Waals surface area contributed by atoms with Crippen LogP contribution in [0.1, 0.15) is 5.56 Å². The zero-order valence-corrected chi connectivity index (χ0v) is 11.6. The van der Waals surface area contributed by atoms with Crippen LogP contribution in [0.15, 0.2) is 47.2 Å². The van der Waals surface area contributed by atoms with Gasteiger partial charge in [-0.3, -0.25) is 9.78 Å². The number of rotatable bonds is 5. The van der Waals surface area contributed by atoms with E-state index in [4.69, 9.17) is 4.74 Å². The molecule has 1 aromatic carbocycles. The van der Waals surface area contributed by atoms with Crippen LogP contribution < -0.4 is 4.74 Å². The molecule has 19 heavy (non-hydrogen) atoms. The van der Waals surface area contributed by atoms with Gasteiger partial charge in [0, 0.05) is 17.1 Å². The van der Waals surface area contributed by atoms with Gasteiger partial charge in [-0.25, -0.2) is 4.39 Å². The highest BCUT2D eigenvalue weighted by molar-refractivity contribution is 9.10. The summed E-state index contributed by atoms with van der Waals surface area (Å²) in [4.78, 5) is 15.6. The van der Waals surface area contributed by atoms with Crippen molar-refractivity contribution in [3.8, 4) is 5.75 Å². The predicted molar refractivity (Wildman–Crippen MR) is 72.5 cm³/mol. The van der Waals surface area contributed by atoms with E-state index >= 15 is 0 Å². The molecule has 2 rings (SSSR count). The number of ether oxygens (including phenoxy) is 1. The fourth-order valence-electron chi connectivity index (χ4n) is 1.52. The second-order valence-corrected chi connectivity index (χ2v) is 4.89. The highest BCUT2D eigenvalue weighted by Crippen LogP contribution is 2.15. The Kier molecular flexibility index (Phi) is 4.63. The third-order valence-electron chi connectivity index (χ3n) is 2.39. The van der Waals surface area contributed by atoms with E-state index in [1.54, 1.807) is 24.4 Å². The van der Waals surface area contributed by atoms with E-state index in [-0.39, 0.29) is 24.6 Å². The molecule has 0 atom stereocenters. The largest absolute Gasteiger partial charge is 0.484 e. The Morgan fingerprint density at radius 3 is 2.68 bits per heavy atom. The number of hydrogen-bond acceptors (Lipinski definition) is 3. The summed E-state index contributed by atoms with van der Waals surface area (Å²) in [5.74, 6) is 0.140. The van der Waals surface area contributed by atoms with Crippen molar-refractivity contribution in [1.82, 2.24) is 4.98 Å². The average molecular weight is 324 g/mol. The number of hydrogen-bond donors (Lipinski definition) is 0. The molecule has 0 bridgehead atoms. The van der Waals surface area contributed by atoms with Crippen LogP contribution in [0.2, 0.25) is 0 Å². The van der Waals surface area contributed by atoms with Crippen LogP contribution in [0.25, 0.3) is 0 Å². The van der Waals surface area contributed by atoms with Gasteiger partial charge in [-0.05, 0) is 39.7 Å². The van der Waals surface area contributed by atoms with Crippen LogP contribution >= 0.6 is 15.9 Å². The normalized spacial score (nSPS) is 10.2. The van der Waals surface area contributed by atoms with Gasteiger partial charge in [0.25, 0.3) is 0 Å². The van der Waals surface area contributed by atoms with Gasteiger partial charge in [0.2, 0.25) is 0 Å². The minimum atomic E-state index is -0.312. The molecule has 0 spiro atoms. The molecule has 3 nitrogen and oxygen atoms in total. The van der Waals surface area contributed by atoms with E-state index in [0.717, 1.165) is 10.0 Å². The number of benzene rings is 1. The zero-order valence-electron chi connectivity index (χ0n) is 9.98. The Morgan fingerprint density at radius 1 is 1.26 bits per heavy atom. The lowest BCUT2D eigenvalue weighted by Gasteiger charge is -2.05. The summed E-state index contributed by atoms with van der Waals surface area (Å²) in [6.07, 6.45) is 3.39. The molecule has 2 aromatic rings. The molecule has 0 aliphatic rings. The first-order valence-corrected chi connectivity index (χ1v) is 6.42. The van der Waals surface area contributed by atoms with Crippen molar-refractivity contribution in [2.24, 2.45) is 0 Å². The Hall–Kier alpha value is -1.75. The molecule has 0 saturated heterocycles. The third-order valence-corrected chi connectivity index (χ3v) is 2.83. The van der Waals surface area contributed by atoms with Gasteiger partial charge >= 0.3 is 0 Å². The highest BCUT2D eigenvalue weighted by Gasteiger charge is 2.05. The van der Waals surface area contributed by atoms with E-state index in [0.29, 0.717) is 5.75 Å². The van der Waals surface area contributed by atoms with Crippen LogP contribution in [0, 0.1) is 5.82 Å². The second kappa shape index (κ2) is 6.43. The topological polar surface area (TPSA) is 39.2 Å². The molecule has 0 saturated carbocycles. The van der Waals surface area contributed by atoms with Gasteiger partial charge in [0.1, 0.15) is 18.2 Å². The minimum Gasteiger partial charge on any atom is -0.484 e. The van der Waals surface area contributed by atoms with Crippen LogP contribution in [-0.4, -0.2) is 17.4 Å². The second-order valence-electron chi connectivity index (χ2n) is 3.97. The van der Waals surface area contributed by atoms with Crippen LogP contribution in [0.5, 0.6) is 5.75 Å². The number of nitrogens with zero attached hydrogens (tertiary/aromatic N) is 1. The maximum absolute atomic E-state index is 12.7. The Labute approximate surface area is 118 Å². The number of pyridine rings is 1. The van der Waals surface area contributed by atoms with Crippen molar-refractivity contribution in [3.63, 3.8) is 0 Å². The van der Waals surface area contributed by atoms with Gasteiger partial charge in [0.15, 0.2) is 5.78 Å². The highest BCUT2D eigenvalue weighted by atomic mass is 79.9. The summed E-state index contributed by atoms with van der Waals surface area (Å²) in [6.45, 7) is -0.0322. The van der Waals surface area contributed by atoms with Crippen LogP contribution in [0.3, 0.4) is 0 Å². The molecule has 0 radical (unpaired) electrons. The Balaban J connectivity index is 1.86. The molecule has 1 aromatic heterocycles. The summed E-state index contributed by atoms with van der Waals surface area (Å²) >= 11 is 3.27. The van der Waals surface area contributed by atoms with Crippen molar-refractivity contribution in [3.05, 3.63) is 58.6 Å². The van der Waals surface area contributed by atoms with Crippen LogP contribution in [0.4, 0.5) is 4.39 Å². The van der Waals surface area contributed by atoms with Gasteiger partial charge in [-0.1, -0.05) is 12.1 Å². The molecule has 0 aliphatic heterocycles. The molecule has 0 fully saturated rings. The molecule has 0 amide bonds. The maximum Gasteiger partial charge on any atom is 0.174 e. The first kappa shape index (κ1) is 13.7. The van der Waals surface area contributed by atoms with Crippen LogP contribution in [-0.2, 0) is 11.2 Å². The van der Waals surface area contributed by atoms with E-state index in [1.165, 1.54) is 18.3 Å². The maximum atomic E-state index is 12.7. The fraction of sp³-hybridized carbons (Fsp3) is 0.143. The summed E-state index contributed by atoms with van der Waals surface area (Å²) in [5, 5.41) is 0. The number of carbonyl (C=O) groups excluding carboxylic acids is 1. The molecular weight excluding hydrogens is 313 g/mol. The molecule has 1 heterocycles. The van der Waals surface area contributed by atoms with Crippen molar-refractivity contribution in [1.29, 1.82) is 0 Å². The lowest BCUT2D eigenvalue weighted by Crippen LogP contribution is -2.13. The quantitative estimate of drug-likeness (QED) is 0.848. The average Bonchev–Trinajstić information content (AvgIpc) is 2.39. The SMILES string of the molecule is O=C(COc1cncc(Br)c1)Cc1ccc(F)cc1. The molecule has 5 heteroatoms. The van der Waals surface area contributed by atoms with Gasteiger partial charge in [0.05, 0.1) is 6.20 Å². The van der Waals surface area contributed by atoms with E-state index < -0.39 is 0 Å². The third kappa shape index (κ3) is 4.44. The van der Waals surface area contributed by atoms with Crippen molar-refractivity contribution in [2.45, 2.75) is 6.42 Å². The van der Waals surface area contributed by atoms with Gasteiger partial charge < -0.3 is 4.74 Å². The van der Waals surface area contributed by atoms with Crippen molar-refractivity contribution < 1.29 is 13.9 Å². The van der Waals surface area contributed by atoms with Crippen molar-refractivity contribution >= 4 is 21.7 Å². The van der Waals surface area contributed by atoms with Gasteiger partial charge in [-0.15, -0.1) is 0 Å². The smallest absolute Gasteiger partial charge is 0.174 e. The lowest BCUT2D eigenvalue weighted by molar-refractivity contribution is -0.120. The summed E-state index contributed by atoms with van der Waals surface area (Å²) < 4.78 is 18.8. The summed E-state index contributed by atoms with van der Waals surface area (Å²) in [5.41, 5.74) is 0.766. The van der Waals surface area contributed by atoms with Gasteiger partial charge in [-0.2, -0.15) is 0 Å². The molecule has 0 N–H and O–H groups in total. The number of ketones is 1. The van der Waals surface area contributed by atoms with E-state index in [1.807, 2.05) is 0 Å². The number of halogens is 2.